The van der Waals surface area contributed by atoms with Crippen LogP contribution in [0.5, 0.6) is 23.0 Å². The summed E-state index contributed by atoms with van der Waals surface area (Å²) in [4.78, 5) is 41.1. The van der Waals surface area contributed by atoms with Gasteiger partial charge in [0.2, 0.25) is 10.0 Å². The van der Waals surface area contributed by atoms with E-state index in [-0.39, 0.29) is 33.9 Å². The van der Waals surface area contributed by atoms with Crippen LogP contribution in [0.4, 0.5) is 33.4 Å². The molecule has 6 N–H and O–H groups in total. The maximum atomic E-state index is 13.5. The summed E-state index contributed by atoms with van der Waals surface area (Å²) in [5.74, 6) is 0.0143. The first-order chi connectivity index (χ1) is 25.5. The molecule has 0 bridgehead atoms. The number of anilines is 5. The van der Waals surface area contributed by atoms with E-state index in [0.717, 1.165) is 11.8 Å². The molecule has 0 aliphatic rings. The van der Waals surface area contributed by atoms with Crippen molar-refractivity contribution in [3.05, 3.63) is 96.2 Å². The highest BCUT2D eigenvalue weighted by Gasteiger charge is 2.23. The third kappa shape index (κ3) is 9.65. The van der Waals surface area contributed by atoms with E-state index in [1.54, 1.807) is 54.7 Å². The van der Waals surface area contributed by atoms with Crippen molar-refractivity contribution in [3.8, 4) is 23.0 Å². The van der Waals surface area contributed by atoms with Crippen LogP contribution in [-0.2, 0) is 20.2 Å². The predicted octanol–water partition coefficient (Wildman–Crippen LogP) is 6.92. The van der Waals surface area contributed by atoms with E-state index in [9.17, 15) is 22.8 Å². The van der Waals surface area contributed by atoms with Crippen molar-refractivity contribution in [1.82, 2.24) is 10.3 Å². The number of sulfonamides is 1. The number of amides is 3. The molecule has 0 aliphatic heterocycles. The Morgan fingerprint density at radius 2 is 1.52 bits per heavy atom. The Kier molecular flexibility index (Phi) is 11.5. The first-order valence-electron chi connectivity index (χ1n) is 16.4. The molecule has 0 saturated heterocycles. The topological polar surface area (TPSA) is 206 Å². The van der Waals surface area contributed by atoms with Gasteiger partial charge in [-0.1, -0.05) is 45.0 Å². The molecule has 0 spiro atoms. The molecule has 54 heavy (non-hydrogen) atoms. The Morgan fingerprint density at radius 1 is 0.815 bits per heavy atom. The summed E-state index contributed by atoms with van der Waals surface area (Å²) in [6, 6.07) is 21.7. The van der Waals surface area contributed by atoms with Crippen LogP contribution in [0.2, 0.25) is 0 Å². The van der Waals surface area contributed by atoms with Gasteiger partial charge in [-0.15, -0.1) is 0 Å². The summed E-state index contributed by atoms with van der Waals surface area (Å²) in [5.41, 5.74) is 2.06. The number of ether oxygens (including phenoxy) is 3. The number of aromatic nitrogens is 1. The molecule has 0 atom stereocenters. The molecule has 0 unspecified atom stereocenters. The third-order valence-corrected chi connectivity index (χ3v) is 8.50. The highest BCUT2D eigenvalue weighted by atomic mass is 32.2. The van der Waals surface area contributed by atoms with E-state index in [2.05, 4.69) is 31.0 Å². The van der Waals surface area contributed by atoms with E-state index in [1.165, 1.54) is 20.3 Å². The van der Waals surface area contributed by atoms with Crippen molar-refractivity contribution in [2.75, 3.05) is 47.7 Å². The molecule has 1 aromatic heterocycles. The lowest BCUT2D eigenvalue weighted by molar-refractivity contribution is -0.135. The minimum atomic E-state index is -3.65. The lowest BCUT2D eigenvalue weighted by Gasteiger charge is -2.24. The summed E-state index contributed by atoms with van der Waals surface area (Å²) in [6.45, 7) is 5.38. The van der Waals surface area contributed by atoms with Gasteiger partial charge in [0.25, 0.3) is 5.91 Å². The van der Waals surface area contributed by atoms with Gasteiger partial charge in [-0.05, 0) is 53.4 Å². The first-order valence-corrected chi connectivity index (χ1v) is 18.3. The zero-order valence-electron chi connectivity index (χ0n) is 30.4. The molecule has 1 heterocycles. The second kappa shape index (κ2) is 16.0. The van der Waals surface area contributed by atoms with Crippen molar-refractivity contribution in [2.45, 2.75) is 26.2 Å². The van der Waals surface area contributed by atoms with Crippen LogP contribution in [0.1, 0.15) is 36.7 Å². The zero-order chi connectivity index (χ0) is 39.2. The van der Waals surface area contributed by atoms with Crippen LogP contribution >= 0.6 is 0 Å². The molecule has 0 fully saturated rings. The summed E-state index contributed by atoms with van der Waals surface area (Å²) < 4.78 is 43.9. The van der Waals surface area contributed by atoms with Gasteiger partial charge in [-0.3, -0.25) is 14.3 Å². The number of carboxylic acids is 1. The van der Waals surface area contributed by atoms with Crippen molar-refractivity contribution in [3.63, 3.8) is 0 Å². The van der Waals surface area contributed by atoms with Gasteiger partial charge < -0.3 is 40.6 Å². The Hall–Kier alpha value is -6.55. The van der Waals surface area contributed by atoms with Gasteiger partial charge in [0, 0.05) is 34.8 Å². The highest BCUT2D eigenvalue weighted by molar-refractivity contribution is 7.92. The van der Waals surface area contributed by atoms with Gasteiger partial charge in [0.05, 0.1) is 43.1 Å². The van der Waals surface area contributed by atoms with Gasteiger partial charge >= 0.3 is 12.0 Å². The summed E-state index contributed by atoms with van der Waals surface area (Å²) in [7, 11) is -0.863. The number of carboxylic acid groups (broad SMARTS) is 1. The standard InChI is InChI=1S/C38H40N6O9S/c1-38(2,3)22-17-29(35(52-5)30(18-22)44-54(6,49)50)43-37(48)42-28-13-14-31(26-10-8-7-9-25(26)28)53-24-15-16-39-33(20-24)41-23-11-12-27(32(19-23)51-4)36(47)40-21-34(45)46/h7-20,44H,21H2,1-6H3,(H,39,41)(H,40,47)(H,45,46)(H2,42,43,48). The number of rotatable bonds is 13. The molecule has 282 valence electrons. The normalized spacial score (nSPS) is 11.3. The first kappa shape index (κ1) is 38.7. The zero-order valence-corrected chi connectivity index (χ0v) is 31.2. The number of fused-ring (bicyclic) bond motifs is 1. The molecule has 4 aromatic carbocycles. The summed E-state index contributed by atoms with van der Waals surface area (Å²) in [6.07, 6.45) is 2.60. The van der Waals surface area contributed by atoms with Gasteiger partial charge in [-0.25, -0.2) is 18.2 Å². The number of carbonyl (C=O) groups excluding carboxylic acids is 2. The number of methoxy groups -OCH3 is 2. The summed E-state index contributed by atoms with van der Waals surface area (Å²) in [5, 5.41) is 21.4. The largest absolute Gasteiger partial charge is 0.496 e. The fourth-order valence-electron chi connectivity index (χ4n) is 5.42. The average molecular weight is 757 g/mol. The molecule has 15 nitrogen and oxygen atoms in total. The van der Waals surface area contributed by atoms with E-state index < -0.39 is 34.5 Å². The maximum absolute atomic E-state index is 13.5. The van der Waals surface area contributed by atoms with Crippen LogP contribution in [0.25, 0.3) is 10.8 Å². The van der Waals surface area contributed by atoms with Crippen LogP contribution in [0, 0.1) is 0 Å². The average Bonchev–Trinajstić information content (AvgIpc) is 3.10. The number of aliphatic carboxylic acids is 1. The number of nitrogens with zero attached hydrogens (tertiary/aromatic N) is 1. The van der Waals surface area contributed by atoms with E-state index in [4.69, 9.17) is 19.3 Å². The minimum Gasteiger partial charge on any atom is -0.496 e. The van der Waals surface area contributed by atoms with Crippen LogP contribution < -0.4 is 40.2 Å². The number of nitrogens with one attached hydrogen (secondary N) is 5. The Bertz CT molecular complexity index is 2340. The highest BCUT2D eigenvalue weighted by Crippen LogP contribution is 2.40. The summed E-state index contributed by atoms with van der Waals surface area (Å²) >= 11 is 0. The molecule has 0 saturated carbocycles. The number of benzene rings is 4. The number of hydrogen-bond acceptors (Lipinski definition) is 10. The molecule has 5 aromatic rings. The number of urea groups is 1. The molecule has 5 rings (SSSR count). The van der Waals surface area contributed by atoms with Crippen molar-refractivity contribution >= 4 is 67.3 Å². The quantitative estimate of drug-likeness (QED) is 0.0727. The predicted molar refractivity (Wildman–Crippen MR) is 207 cm³/mol. The van der Waals surface area contributed by atoms with Crippen LogP contribution in [0.15, 0.2) is 85.1 Å². The van der Waals surface area contributed by atoms with Gasteiger partial charge in [0.15, 0.2) is 5.75 Å². The van der Waals surface area contributed by atoms with Crippen molar-refractivity contribution in [2.24, 2.45) is 0 Å². The SMILES string of the molecule is COc1cc(Nc2cc(Oc3ccc(NC(=O)Nc4cc(C(C)(C)C)cc(NS(C)(=O)=O)c4OC)c4ccccc34)ccn2)ccc1C(=O)NCC(=O)O. The lowest BCUT2D eigenvalue weighted by atomic mass is 9.86. The fraction of sp³-hybridized carbons (Fsp3) is 0.211. The van der Waals surface area contributed by atoms with Crippen molar-refractivity contribution < 1.29 is 42.1 Å². The maximum Gasteiger partial charge on any atom is 0.323 e. The number of carbonyl (C=O) groups is 3. The molecule has 3 amide bonds. The van der Waals surface area contributed by atoms with Gasteiger partial charge in [0.1, 0.15) is 29.6 Å². The van der Waals surface area contributed by atoms with Crippen molar-refractivity contribution in [1.29, 1.82) is 0 Å². The smallest absolute Gasteiger partial charge is 0.323 e. The Balaban J connectivity index is 1.35. The second-order valence-corrected chi connectivity index (χ2v) is 14.8. The molecule has 0 aliphatic carbocycles. The van der Waals surface area contributed by atoms with Crippen LogP contribution in [0.3, 0.4) is 0 Å². The minimum absolute atomic E-state index is 0.153. The van der Waals surface area contributed by atoms with Crippen LogP contribution in [-0.4, -0.2) is 63.4 Å². The lowest BCUT2D eigenvalue weighted by Crippen LogP contribution is -2.29. The molecular weight excluding hydrogens is 717 g/mol. The van der Waals surface area contributed by atoms with E-state index >= 15 is 0 Å². The number of hydrogen-bond donors (Lipinski definition) is 6. The Labute approximate surface area is 312 Å². The molecule has 16 heteroatoms. The number of pyridine rings is 1. The molecular formula is C38H40N6O9S. The van der Waals surface area contributed by atoms with Gasteiger partial charge in [-0.2, -0.15) is 0 Å². The fourth-order valence-corrected chi connectivity index (χ4v) is 5.97. The monoisotopic (exact) mass is 756 g/mol. The molecule has 0 radical (unpaired) electrons. The van der Waals surface area contributed by atoms with E-state index in [1.807, 2.05) is 45.0 Å². The third-order valence-electron chi connectivity index (χ3n) is 7.91. The van der Waals surface area contributed by atoms with E-state index in [0.29, 0.717) is 39.5 Å². The second-order valence-electron chi connectivity index (χ2n) is 13.1. The Morgan fingerprint density at radius 3 is 2.19 bits per heavy atom.